The normalized spacial score (nSPS) is 20.7. The first kappa shape index (κ1) is 17.4. The number of nitrogens with zero attached hydrogens (tertiary/aromatic N) is 5. The summed E-state index contributed by atoms with van der Waals surface area (Å²) >= 11 is 0. The van der Waals surface area contributed by atoms with Crippen molar-refractivity contribution in [3.8, 4) is 0 Å². The zero-order chi connectivity index (χ0) is 18.5. The number of fused-ring (bicyclic) bond motifs is 2. The van der Waals surface area contributed by atoms with Crippen molar-refractivity contribution in [2.24, 2.45) is 5.92 Å². The third-order valence-corrected chi connectivity index (χ3v) is 5.09. The summed E-state index contributed by atoms with van der Waals surface area (Å²) in [4.78, 5) is 18.6. The molecule has 26 heavy (non-hydrogen) atoms. The van der Waals surface area contributed by atoms with Gasteiger partial charge in [0.05, 0.1) is 19.3 Å². The van der Waals surface area contributed by atoms with Gasteiger partial charge in [0, 0.05) is 25.7 Å². The van der Waals surface area contributed by atoms with Gasteiger partial charge in [-0.15, -0.1) is 5.10 Å². The maximum Gasteiger partial charge on any atom is 0.283 e. The second-order valence-corrected chi connectivity index (χ2v) is 7.55. The molecule has 9 heteroatoms. The van der Waals surface area contributed by atoms with Crippen LogP contribution in [0, 0.1) is 5.92 Å². The van der Waals surface area contributed by atoms with Crippen molar-refractivity contribution in [3.05, 3.63) is 22.4 Å². The highest BCUT2D eigenvalue weighted by Gasteiger charge is 2.41. The Bertz CT molecular complexity index is 870. The Morgan fingerprint density at radius 3 is 2.73 bits per heavy atom. The van der Waals surface area contributed by atoms with E-state index >= 15 is 0 Å². The van der Waals surface area contributed by atoms with Gasteiger partial charge in [0.15, 0.2) is 5.52 Å². The lowest BCUT2D eigenvalue weighted by atomic mass is 9.99. The Balaban J connectivity index is 1.80. The van der Waals surface area contributed by atoms with Crippen molar-refractivity contribution < 1.29 is 13.5 Å². The Labute approximate surface area is 149 Å². The van der Waals surface area contributed by atoms with E-state index in [0.29, 0.717) is 31.5 Å². The number of imidazole rings is 1. The van der Waals surface area contributed by atoms with Crippen LogP contribution in [0.4, 0.5) is 14.7 Å². The minimum Gasteiger partial charge on any atom is -0.381 e. The van der Waals surface area contributed by atoms with Crippen LogP contribution in [0.5, 0.6) is 0 Å². The van der Waals surface area contributed by atoms with E-state index in [-0.39, 0.29) is 17.4 Å². The molecule has 0 N–H and O–H groups in total. The van der Waals surface area contributed by atoms with Gasteiger partial charge in [0.2, 0.25) is 5.95 Å². The van der Waals surface area contributed by atoms with Gasteiger partial charge in [-0.1, -0.05) is 13.8 Å². The first-order chi connectivity index (χ1) is 12.4. The Hall–Kier alpha value is -2.03. The molecular formula is C17H23F2N5O2. The molecule has 0 radical (unpaired) electrons. The fourth-order valence-electron chi connectivity index (χ4n) is 3.77. The summed E-state index contributed by atoms with van der Waals surface area (Å²) < 4.78 is 36.6. The molecule has 142 valence electrons. The molecule has 2 aliphatic rings. The standard InChI is InChI=1S/C17H23F2N5O2/c1-11(2)14-20-7-13-15(25)23-10-17(18,19)9-22(16(23)21-24(13)14)8-12-3-5-26-6-4-12/h7,11-12H,3-6,8-10H2,1-2H3. The molecule has 0 aromatic carbocycles. The number of ether oxygens (including phenoxy) is 1. The van der Waals surface area contributed by atoms with Crippen LogP contribution in [0.1, 0.15) is 38.4 Å². The third-order valence-electron chi connectivity index (χ3n) is 5.09. The molecule has 2 aromatic rings. The smallest absolute Gasteiger partial charge is 0.283 e. The van der Waals surface area contributed by atoms with E-state index in [1.165, 1.54) is 10.7 Å². The van der Waals surface area contributed by atoms with E-state index in [2.05, 4.69) is 10.1 Å². The van der Waals surface area contributed by atoms with Crippen molar-refractivity contribution in [2.75, 3.05) is 31.2 Å². The average molecular weight is 367 g/mol. The number of hydrogen-bond acceptors (Lipinski definition) is 5. The fraction of sp³-hybridized carbons (Fsp3) is 0.706. The molecule has 1 fully saturated rings. The van der Waals surface area contributed by atoms with Crippen molar-refractivity contribution in [1.82, 2.24) is 19.2 Å². The van der Waals surface area contributed by atoms with Crippen molar-refractivity contribution in [3.63, 3.8) is 0 Å². The molecule has 0 saturated carbocycles. The van der Waals surface area contributed by atoms with E-state index < -0.39 is 24.6 Å². The number of aromatic nitrogens is 4. The molecular weight excluding hydrogens is 344 g/mol. The summed E-state index contributed by atoms with van der Waals surface area (Å²) in [7, 11) is 0. The van der Waals surface area contributed by atoms with E-state index in [0.717, 1.165) is 17.4 Å². The topological polar surface area (TPSA) is 64.7 Å². The Morgan fingerprint density at radius 1 is 1.31 bits per heavy atom. The van der Waals surface area contributed by atoms with E-state index in [9.17, 15) is 13.6 Å². The molecule has 4 rings (SSSR count). The van der Waals surface area contributed by atoms with Crippen LogP contribution in [0.2, 0.25) is 0 Å². The fourth-order valence-corrected chi connectivity index (χ4v) is 3.77. The van der Waals surface area contributed by atoms with Crippen LogP contribution in [0.3, 0.4) is 0 Å². The second kappa shape index (κ2) is 6.29. The summed E-state index contributed by atoms with van der Waals surface area (Å²) in [6.45, 7) is 4.59. The molecule has 4 heterocycles. The van der Waals surface area contributed by atoms with Gasteiger partial charge in [-0.25, -0.2) is 18.3 Å². The number of hydrogen-bond donors (Lipinski definition) is 0. The van der Waals surface area contributed by atoms with Crippen LogP contribution in [0.25, 0.3) is 5.52 Å². The van der Waals surface area contributed by atoms with Gasteiger partial charge in [0.1, 0.15) is 5.82 Å². The first-order valence-electron chi connectivity index (χ1n) is 9.05. The SMILES string of the molecule is CC(C)c1ncc2c(=O)n3c(nn12)N(CC1CCOCC1)CC(F)(F)C3. The molecule has 0 atom stereocenters. The lowest BCUT2D eigenvalue weighted by Gasteiger charge is -2.37. The van der Waals surface area contributed by atoms with E-state index in [1.807, 2.05) is 13.8 Å². The molecule has 0 spiro atoms. The van der Waals surface area contributed by atoms with Crippen molar-refractivity contribution in [2.45, 2.75) is 45.1 Å². The van der Waals surface area contributed by atoms with Gasteiger partial charge < -0.3 is 9.64 Å². The molecule has 0 unspecified atom stereocenters. The van der Waals surface area contributed by atoms with Crippen LogP contribution in [0.15, 0.2) is 11.0 Å². The van der Waals surface area contributed by atoms with Crippen LogP contribution < -0.4 is 10.5 Å². The lowest BCUT2D eigenvalue weighted by Crippen LogP contribution is -2.51. The highest BCUT2D eigenvalue weighted by Crippen LogP contribution is 2.30. The minimum atomic E-state index is -2.97. The molecule has 0 amide bonds. The van der Waals surface area contributed by atoms with Gasteiger partial charge >= 0.3 is 0 Å². The maximum absolute atomic E-state index is 14.3. The molecule has 2 aliphatic heterocycles. The number of anilines is 1. The number of alkyl halides is 2. The largest absolute Gasteiger partial charge is 0.381 e. The Morgan fingerprint density at radius 2 is 2.04 bits per heavy atom. The second-order valence-electron chi connectivity index (χ2n) is 7.55. The van der Waals surface area contributed by atoms with Gasteiger partial charge in [-0.3, -0.25) is 9.36 Å². The zero-order valence-electron chi connectivity index (χ0n) is 15.0. The summed E-state index contributed by atoms with van der Waals surface area (Å²) in [6.07, 6.45) is 3.08. The zero-order valence-corrected chi connectivity index (χ0v) is 15.0. The molecule has 0 aliphatic carbocycles. The summed E-state index contributed by atoms with van der Waals surface area (Å²) in [5.41, 5.74) is -0.230. The number of halogens is 2. The van der Waals surface area contributed by atoms with Gasteiger partial charge in [-0.2, -0.15) is 0 Å². The predicted octanol–water partition coefficient (Wildman–Crippen LogP) is 1.90. The predicted molar refractivity (Wildman–Crippen MR) is 92.0 cm³/mol. The van der Waals surface area contributed by atoms with E-state index in [1.54, 1.807) is 4.90 Å². The van der Waals surface area contributed by atoms with Crippen molar-refractivity contribution in [1.29, 1.82) is 0 Å². The van der Waals surface area contributed by atoms with Crippen LogP contribution >= 0.6 is 0 Å². The van der Waals surface area contributed by atoms with Gasteiger partial charge in [-0.05, 0) is 18.8 Å². The van der Waals surface area contributed by atoms with Gasteiger partial charge in [0.25, 0.3) is 11.5 Å². The monoisotopic (exact) mass is 367 g/mol. The molecule has 0 bridgehead atoms. The molecule has 2 aromatic heterocycles. The highest BCUT2D eigenvalue weighted by atomic mass is 19.3. The minimum absolute atomic E-state index is 0.0708. The maximum atomic E-state index is 14.3. The first-order valence-corrected chi connectivity index (χ1v) is 9.05. The third kappa shape index (κ3) is 2.98. The summed E-state index contributed by atoms with van der Waals surface area (Å²) in [6, 6.07) is 0. The number of rotatable bonds is 3. The Kier molecular flexibility index (Phi) is 4.21. The molecule has 1 saturated heterocycles. The highest BCUT2D eigenvalue weighted by molar-refractivity contribution is 5.47. The molecule has 7 nitrogen and oxygen atoms in total. The van der Waals surface area contributed by atoms with Crippen LogP contribution in [-0.2, 0) is 11.3 Å². The summed E-state index contributed by atoms with van der Waals surface area (Å²) in [5.74, 6) is -1.68. The van der Waals surface area contributed by atoms with Crippen LogP contribution in [-0.4, -0.2) is 51.4 Å². The lowest BCUT2D eigenvalue weighted by molar-refractivity contribution is -0.0196. The average Bonchev–Trinajstić information content (AvgIpc) is 3.01. The summed E-state index contributed by atoms with van der Waals surface area (Å²) in [5, 5.41) is 4.55. The quantitative estimate of drug-likeness (QED) is 0.829. The van der Waals surface area contributed by atoms with Crippen molar-refractivity contribution >= 4 is 11.5 Å². The van der Waals surface area contributed by atoms with E-state index in [4.69, 9.17) is 4.74 Å².